The van der Waals surface area contributed by atoms with E-state index in [9.17, 15) is 4.79 Å². The van der Waals surface area contributed by atoms with Crippen molar-refractivity contribution in [3.8, 4) is 17.2 Å². The number of carbonyl (C=O) groups is 1. The van der Waals surface area contributed by atoms with E-state index in [1.165, 1.54) is 0 Å². The largest absolute Gasteiger partial charge is 0.497 e. The van der Waals surface area contributed by atoms with Crippen molar-refractivity contribution < 1.29 is 19.0 Å². The van der Waals surface area contributed by atoms with E-state index in [2.05, 4.69) is 0 Å². The van der Waals surface area contributed by atoms with Crippen molar-refractivity contribution in [3.63, 3.8) is 0 Å². The van der Waals surface area contributed by atoms with Gasteiger partial charge < -0.3 is 19.9 Å². The topological polar surface area (TPSA) is 70.8 Å². The molecule has 0 unspecified atom stereocenters. The van der Waals surface area contributed by atoms with Gasteiger partial charge in [0.25, 0.3) is 0 Å². The molecule has 1 atom stereocenters. The van der Waals surface area contributed by atoms with Gasteiger partial charge in [-0.25, -0.2) is 0 Å². The van der Waals surface area contributed by atoms with Crippen LogP contribution in [0.5, 0.6) is 17.2 Å². The summed E-state index contributed by atoms with van der Waals surface area (Å²) in [4.78, 5) is 14.0. The first kappa shape index (κ1) is 21.6. The minimum atomic E-state index is -0.149. The Morgan fingerprint density at radius 2 is 1.60 bits per heavy atom. The first-order valence-corrected chi connectivity index (χ1v) is 10.3. The standard InChI is InChI=1S/C24H25NO4S/c1-27-18-11-8-16(9-12-18)20(26)15-24(30-23-7-5-4-6-19(23)25)17-10-13-21(28-2)22(14-17)29-3/h4-14,24H,15,25H2,1-3H3/t24-/m1/s1. The molecule has 0 radical (unpaired) electrons. The third-order valence-electron chi connectivity index (χ3n) is 4.75. The molecule has 3 rings (SSSR count). The summed E-state index contributed by atoms with van der Waals surface area (Å²) >= 11 is 1.56. The predicted octanol–water partition coefficient (Wildman–Crippen LogP) is 5.40. The zero-order valence-electron chi connectivity index (χ0n) is 17.3. The summed E-state index contributed by atoms with van der Waals surface area (Å²) in [6.45, 7) is 0. The second-order valence-corrected chi connectivity index (χ2v) is 7.86. The Kier molecular flexibility index (Phi) is 7.25. The molecule has 0 spiro atoms. The van der Waals surface area contributed by atoms with Crippen LogP contribution in [-0.2, 0) is 0 Å². The molecule has 0 aromatic heterocycles. The van der Waals surface area contributed by atoms with Gasteiger partial charge in [0.1, 0.15) is 5.75 Å². The van der Waals surface area contributed by atoms with E-state index in [1.807, 2.05) is 42.5 Å². The number of rotatable bonds is 9. The summed E-state index contributed by atoms with van der Waals surface area (Å²) in [7, 11) is 4.80. The normalized spacial score (nSPS) is 11.6. The highest BCUT2D eigenvalue weighted by Crippen LogP contribution is 2.43. The molecule has 0 amide bonds. The van der Waals surface area contributed by atoms with E-state index >= 15 is 0 Å². The number of nitrogens with two attached hydrogens (primary N) is 1. The van der Waals surface area contributed by atoms with Crippen LogP contribution in [0.2, 0.25) is 0 Å². The number of nitrogen functional groups attached to an aromatic ring is 1. The lowest BCUT2D eigenvalue weighted by Crippen LogP contribution is -2.06. The van der Waals surface area contributed by atoms with Crippen molar-refractivity contribution in [2.75, 3.05) is 27.1 Å². The van der Waals surface area contributed by atoms with Crippen LogP contribution in [0.3, 0.4) is 0 Å². The summed E-state index contributed by atoms with van der Waals surface area (Å²) in [6, 6.07) is 20.5. The molecular formula is C24H25NO4S. The third kappa shape index (κ3) is 5.07. The number of methoxy groups -OCH3 is 3. The van der Waals surface area contributed by atoms with Gasteiger partial charge in [-0.05, 0) is 54.1 Å². The molecule has 0 saturated heterocycles. The summed E-state index contributed by atoms with van der Waals surface area (Å²) < 4.78 is 16.0. The second kappa shape index (κ2) is 10.1. The fourth-order valence-electron chi connectivity index (χ4n) is 3.08. The Balaban J connectivity index is 1.92. The molecule has 2 N–H and O–H groups in total. The molecule has 3 aromatic rings. The van der Waals surface area contributed by atoms with Crippen molar-refractivity contribution in [2.24, 2.45) is 0 Å². The van der Waals surface area contributed by atoms with E-state index in [0.29, 0.717) is 29.2 Å². The SMILES string of the molecule is COc1ccc(C(=O)C[C@@H](Sc2ccccc2N)c2ccc(OC)c(OC)c2)cc1. The number of carbonyl (C=O) groups excluding carboxylic acids is 1. The smallest absolute Gasteiger partial charge is 0.164 e. The number of thioether (sulfide) groups is 1. The number of ketones is 1. The molecule has 30 heavy (non-hydrogen) atoms. The summed E-state index contributed by atoms with van der Waals surface area (Å²) in [5.74, 6) is 2.03. The number of ether oxygens (including phenoxy) is 3. The van der Waals surface area contributed by atoms with Gasteiger partial charge in [0, 0.05) is 27.8 Å². The lowest BCUT2D eigenvalue weighted by atomic mass is 10.0. The lowest BCUT2D eigenvalue weighted by molar-refractivity contribution is 0.0982. The molecular weight excluding hydrogens is 398 g/mol. The fraction of sp³-hybridized carbons (Fsp3) is 0.208. The van der Waals surface area contributed by atoms with E-state index in [1.54, 1.807) is 57.4 Å². The molecule has 0 fully saturated rings. The first-order chi connectivity index (χ1) is 14.5. The van der Waals surface area contributed by atoms with Crippen molar-refractivity contribution in [1.29, 1.82) is 0 Å². The molecule has 6 heteroatoms. The fourth-order valence-corrected chi connectivity index (χ4v) is 4.27. The number of Topliss-reactive ketones (excluding diaryl/α,β-unsaturated/α-hetero) is 1. The summed E-state index contributed by atoms with van der Waals surface area (Å²) in [6.07, 6.45) is 0.306. The molecule has 5 nitrogen and oxygen atoms in total. The number of benzene rings is 3. The van der Waals surface area contributed by atoms with E-state index in [0.717, 1.165) is 16.2 Å². The zero-order valence-corrected chi connectivity index (χ0v) is 18.1. The Hall–Kier alpha value is -3.12. The minimum Gasteiger partial charge on any atom is -0.497 e. The molecule has 0 aliphatic heterocycles. The van der Waals surface area contributed by atoms with Crippen molar-refractivity contribution in [3.05, 3.63) is 77.9 Å². The molecule has 3 aromatic carbocycles. The Labute approximate surface area is 181 Å². The number of hydrogen-bond acceptors (Lipinski definition) is 6. The predicted molar refractivity (Wildman–Crippen MR) is 121 cm³/mol. The minimum absolute atomic E-state index is 0.0411. The molecule has 0 bridgehead atoms. The van der Waals surface area contributed by atoms with Crippen LogP contribution in [-0.4, -0.2) is 27.1 Å². The molecule has 0 saturated carbocycles. The average Bonchev–Trinajstić information content (AvgIpc) is 2.79. The molecule has 0 aliphatic rings. The van der Waals surface area contributed by atoms with Gasteiger partial charge in [-0.1, -0.05) is 18.2 Å². The first-order valence-electron chi connectivity index (χ1n) is 9.46. The Morgan fingerprint density at radius 3 is 2.23 bits per heavy atom. The van der Waals surface area contributed by atoms with Crippen LogP contribution in [0.4, 0.5) is 5.69 Å². The Morgan fingerprint density at radius 1 is 0.900 bits per heavy atom. The van der Waals surface area contributed by atoms with Crippen molar-refractivity contribution in [1.82, 2.24) is 0 Å². The average molecular weight is 424 g/mol. The van der Waals surface area contributed by atoms with Crippen LogP contribution in [0.1, 0.15) is 27.6 Å². The van der Waals surface area contributed by atoms with Crippen LogP contribution >= 0.6 is 11.8 Å². The van der Waals surface area contributed by atoms with E-state index < -0.39 is 0 Å². The third-order valence-corrected chi connectivity index (χ3v) is 6.10. The van der Waals surface area contributed by atoms with Gasteiger partial charge in [0.2, 0.25) is 0 Å². The van der Waals surface area contributed by atoms with Crippen LogP contribution < -0.4 is 19.9 Å². The second-order valence-electron chi connectivity index (χ2n) is 6.61. The van der Waals surface area contributed by atoms with Crippen LogP contribution in [0.15, 0.2) is 71.6 Å². The maximum Gasteiger partial charge on any atom is 0.164 e. The highest BCUT2D eigenvalue weighted by Gasteiger charge is 2.21. The lowest BCUT2D eigenvalue weighted by Gasteiger charge is -2.19. The van der Waals surface area contributed by atoms with E-state index in [4.69, 9.17) is 19.9 Å². The van der Waals surface area contributed by atoms with Gasteiger partial charge in [-0.2, -0.15) is 0 Å². The van der Waals surface area contributed by atoms with Crippen molar-refractivity contribution >= 4 is 23.2 Å². The van der Waals surface area contributed by atoms with Gasteiger partial charge >= 0.3 is 0 Å². The quantitative estimate of drug-likeness (QED) is 0.282. The van der Waals surface area contributed by atoms with Gasteiger partial charge in [-0.15, -0.1) is 11.8 Å². The van der Waals surface area contributed by atoms with E-state index in [-0.39, 0.29) is 11.0 Å². The zero-order chi connectivity index (χ0) is 21.5. The number of para-hydroxylation sites is 1. The molecule has 156 valence electrons. The maximum atomic E-state index is 13.0. The van der Waals surface area contributed by atoms with Gasteiger partial charge in [0.15, 0.2) is 17.3 Å². The summed E-state index contributed by atoms with van der Waals surface area (Å²) in [5, 5.41) is -0.149. The van der Waals surface area contributed by atoms with Crippen LogP contribution in [0, 0.1) is 0 Å². The maximum absolute atomic E-state index is 13.0. The molecule has 0 heterocycles. The molecule has 0 aliphatic carbocycles. The van der Waals surface area contributed by atoms with Gasteiger partial charge in [-0.3, -0.25) is 4.79 Å². The number of hydrogen-bond donors (Lipinski definition) is 1. The highest BCUT2D eigenvalue weighted by atomic mass is 32.2. The summed E-state index contributed by atoms with van der Waals surface area (Å²) in [5.41, 5.74) is 8.45. The van der Waals surface area contributed by atoms with Crippen LogP contribution in [0.25, 0.3) is 0 Å². The van der Waals surface area contributed by atoms with Gasteiger partial charge in [0.05, 0.1) is 21.3 Å². The highest BCUT2D eigenvalue weighted by molar-refractivity contribution is 7.99. The Bertz CT molecular complexity index is 1000. The van der Waals surface area contributed by atoms with Crippen molar-refractivity contribution in [2.45, 2.75) is 16.6 Å². The monoisotopic (exact) mass is 423 g/mol. The number of anilines is 1.